The molecule has 4 heteroatoms. The molecule has 9 aromatic rings. The fourth-order valence-corrected chi connectivity index (χ4v) is 10.2. The molecule has 3 aliphatic rings. The van der Waals surface area contributed by atoms with Gasteiger partial charge in [-0.3, -0.25) is 16.0 Å². The van der Waals surface area contributed by atoms with Gasteiger partial charge in [0.15, 0.2) is 0 Å². The van der Waals surface area contributed by atoms with Crippen molar-refractivity contribution in [1.82, 2.24) is 16.0 Å². The number of hydrogen-bond acceptors (Lipinski definition) is 4. The molecule has 1 spiro atoms. The van der Waals surface area contributed by atoms with Crippen LogP contribution in [0.15, 0.2) is 212 Å². The summed E-state index contributed by atoms with van der Waals surface area (Å²) in [5.41, 5.74) is 15.3. The van der Waals surface area contributed by atoms with Crippen molar-refractivity contribution in [3.05, 3.63) is 251 Å². The highest BCUT2D eigenvalue weighted by molar-refractivity contribution is 5.97. The van der Waals surface area contributed by atoms with Crippen LogP contribution < -0.4 is 20.7 Å². The SMILES string of the molecule is c1ccc(C2NC(c3cccc(-c4cccc(-c5cccc6c5-c5ccccc5C65c6ccccc6Oc6ccccc65)c4)c3)NC(c3ccc4ccccc4c3)N2)cc1. The van der Waals surface area contributed by atoms with Gasteiger partial charge in [-0.1, -0.05) is 182 Å². The van der Waals surface area contributed by atoms with Gasteiger partial charge in [0.1, 0.15) is 11.5 Å². The van der Waals surface area contributed by atoms with Crippen LogP contribution in [0.2, 0.25) is 0 Å². The molecule has 0 saturated carbocycles. The lowest BCUT2D eigenvalue weighted by Gasteiger charge is -2.39. The van der Waals surface area contributed by atoms with E-state index in [0.717, 1.165) is 11.5 Å². The van der Waals surface area contributed by atoms with Gasteiger partial charge in [0.2, 0.25) is 0 Å². The van der Waals surface area contributed by atoms with Crippen LogP contribution >= 0.6 is 0 Å². The number of nitrogens with one attached hydrogen (secondary N) is 3. The summed E-state index contributed by atoms with van der Waals surface area (Å²) in [6.45, 7) is 0. The normalized spacial score (nSPS) is 18.2. The van der Waals surface area contributed by atoms with Crippen molar-refractivity contribution in [2.24, 2.45) is 0 Å². The zero-order valence-corrected chi connectivity index (χ0v) is 32.8. The Morgan fingerprint density at radius 1 is 0.333 bits per heavy atom. The lowest BCUT2D eigenvalue weighted by molar-refractivity contribution is 0.203. The minimum Gasteiger partial charge on any atom is -0.457 e. The van der Waals surface area contributed by atoms with Gasteiger partial charge in [-0.25, -0.2) is 0 Å². The van der Waals surface area contributed by atoms with E-state index in [0.29, 0.717) is 0 Å². The predicted molar refractivity (Wildman–Crippen MR) is 243 cm³/mol. The van der Waals surface area contributed by atoms with Crippen molar-refractivity contribution in [1.29, 1.82) is 0 Å². The third-order valence-electron chi connectivity index (χ3n) is 12.8. The number of fused-ring (bicyclic) bond motifs is 10. The minimum absolute atomic E-state index is 0.0538. The molecule has 3 unspecified atom stereocenters. The van der Waals surface area contributed by atoms with Crippen LogP contribution in [0.1, 0.15) is 57.4 Å². The fourth-order valence-electron chi connectivity index (χ4n) is 10.2. The van der Waals surface area contributed by atoms with E-state index in [2.05, 4.69) is 228 Å². The first kappa shape index (κ1) is 34.9. The van der Waals surface area contributed by atoms with Crippen LogP contribution in [0.3, 0.4) is 0 Å². The van der Waals surface area contributed by atoms with E-state index in [4.69, 9.17) is 4.74 Å². The number of ether oxygens (including phenoxy) is 1. The summed E-state index contributed by atoms with van der Waals surface area (Å²) in [5.74, 6) is 1.81. The molecule has 286 valence electrons. The first-order valence-electron chi connectivity index (χ1n) is 20.9. The van der Waals surface area contributed by atoms with E-state index in [1.54, 1.807) is 0 Å². The molecule has 60 heavy (non-hydrogen) atoms. The van der Waals surface area contributed by atoms with E-state index in [9.17, 15) is 0 Å². The number of benzene rings is 9. The highest BCUT2D eigenvalue weighted by Crippen LogP contribution is 2.63. The van der Waals surface area contributed by atoms with E-state index in [1.807, 2.05) is 0 Å². The Balaban J connectivity index is 0.943. The third-order valence-corrected chi connectivity index (χ3v) is 12.8. The lowest BCUT2D eigenvalue weighted by Crippen LogP contribution is -2.54. The topological polar surface area (TPSA) is 45.3 Å². The summed E-state index contributed by atoms with van der Waals surface area (Å²) < 4.78 is 6.59. The number of hydrogen-bond donors (Lipinski definition) is 3. The maximum atomic E-state index is 6.59. The molecular formula is C56H41N3O. The molecule has 4 nitrogen and oxygen atoms in total. The van der Waals surface area contributed by atoms with Crippen molar-refractivity contribution in [3.8, 4) is 44.9 Å². The zero-order chi connectivity index (χ0) is 39.6. The maximum absolute atomic E-state index is 6.59. The van der Waals surface area contributed by atoms with Crippen LogP contribution in [0, 0.1) is 0 Å². The molecule has 12 rings (SSSR count). The van der Waals surface area contributed by atoms with Gasteiger partial charge in [0.25, 0.3) is 0 Å². The van der Waals surface area contributed by atoms with Gasteiger partial charge in [0, 0.05) is 11.1 Å². The first-order chi connectivity index (χ1) is 29.7. The molecule has 0 radical (unpaired) electrons. The second-order valence-corrected chi connectivity index (χ2v) is 16.1. The Hall–Kier alpha value is -7.08. The summed E-state index contributed by atoms with van der Waals surface area (Å²) in [5, 5.41) is 14.1. The Morgan fingerprint density at radius 2 is 0.850 bits per heavy atom. The Morgan fingerprint density at radius 3 is 1.62 bits per heavy atom. The summed E-state index contributed by atoms with van der Waals surface area (Å²) >= 11 is 0. The smallest absolute Gasteiger partial charge is 0.132 e. The molecule has 2 heterocycles. The molecule has 1 saturated heterocycles. The summed E-state index contributed by atoms with van der Waals surface area (Å²) in [4.78, 5) is 0. The third kappa shape index (κ3) is 5.50. The Kier molecular flexibility index (Phi) is 8.17. The van der Waals surface area contributed by atoms with Gasteiger partial charge in [-0.2, -0.15) is 0 Å². The molecule has 3 atom stereocenters. The van der Waals surface area contributed by atoms with Gasteiger partial charge in [-0.05, 0) is 102 Å². The average Bonchev–Trinajstić information content (AvgIpc) is 3.62. The van der Waals surface area contributed by atoms with Crippen molar-refractivity contribution in [2.45, 2.75) is 23.9 Å². The van der Waals surface area contributed by atoms with E-state index < -0.39 is 5.41 Å². The lowest BCUT2D eigenvalue weighted by atomic mass is 9.66. The highest BCUT2D eigenvalue weighted by Gasteiger charge is 2.51. The largest absolute Gasteiger partial charge is 0.457 e. The summed E-state index contributed by atoms with van der Waals surface area (Å²) in [6.07, 6.45) is -0.229. The van der Waals surface area contributed by atoms with E-state index >= 15 is 0 Å². The fraction of sp³-hybridized carbons (Fsp3) is 0.0714. The van der Waals surface area contributed by atoms with Crippen molar-refractivity contribution >= 4 is 10.8 Å². The Labute approximate surface area is 350 Å². The quantitative estimate of drug-likeness (QED) is 0.163. The Bertz CT molecular complexity index is 3050. The minimum atomic E-state index is -0.503. The molecule has 1 fully saturated rings. The predicted octanol–water partition coefficient (Wildman–Crippen LogP) is 12.8. The monoisotopic (exact) mass is 771 g/mol. The molecule has 2 aliphatic heterocycles. The summed E-state index contributed by atoms with van der Waals surface area (Å²) in [6, 6.07) is 77.0. The van der Waals surface area contributed by atoms with Crippen LogP contribution in [0.25, 0.3) is 44.2 Å². The molecular weight excluding hydrogens is 731 g/mol. The van der Waals surface area contributed by atoms with Gasteiger partial charge >= 0.3 is 0 Å². The summed E-state index contributed by atoms with van der Waals surface area (Å²) in [7, 11) is 0. The molecule has 0 bridgehead atoms. The molecule has 1 aliphatic carbocycles. The van der Waals surface area contributed by atoms with Gasteiger partial charge in [-0.15, -0.1) is 0 Å². The van der Waals surface area contributed by atoms with Crippen LogP contribution in [-0.2, 0) is 5.41 Å². The zero-order valence-electron chi connectivity index (χ0n) is 32.8. The van der Waals surface area contributed by atoms with E-state index in [1.165, 1.54) is 83.1 Å². The van der Waals surface area contributed by atoms with Gasteiger partial charge in [0.05, 0.1) is 23.9 Å². The van der Waals surface area contributed by atoms with Crippen molar-refractivity contribution in [3.63, 3.8) is 0 Å². The van der Waals surface area contributed by atoms with Crippen LogP contribution in [0.5, 0.6) is 11.5 Å². The van der Waals surface area contributed by atoms with Crippen molar-refractivity contribution in [2.75, 3.05) is 0 Å². The van der Waals surface area contributed by atoms with Gasteiger partial charge < -0.3 is 4.74 Å². The van der Waals surface area contributed by atoms with Crippen LogP contribution in [-0.4, -0.2) is 0 Å². The molecule has 0 aromatic heterocycles. The van der Waals surface area contributed by atoms with Crippen LogP contribution in [0.4, 0.5) is 0 Å². The average molecular weight is 772 g/mol. The second-order valence-electron chi connectivity index (χ2n) is 16.1. The standard InChI is InChI=1S/C56H41N3O/c1-2-16-37(17-3-1)53-57-54(59-55(58-53)43-32-31-36-15-4-5-18-38(36)34-43)42-22-13-20-40(35-42)39-19-12-21-41(33-39)44-24-14-28-49-52(44)45-23-6-7-25-46(45)56(49)47-26-8-10-29-50(47)60-51-30-11-9-27-48(51)56/h1-35,53-55,57-59H. The maximum Gasteiger partial charge on any atom is 0.132 e. The van der Waals surface area contributed by atoms with E-state index in [-0.39, 0.29) is 18.5 Å². The number of rotatable bonds is 5. The highest BCUT2D eigenvalue weighted by atomic mass is 16.5. The molecule has 9 aromatic carbocycles. The second kappa shape index (κ2) is 14.0. The molecule has 0 amide bonds. The van der Waals surface area contributed by atoms with Crippen molar-refractivity contribution < 1.29 is 4.74 Å². The first-order valence-corrected chi connectivity index (χ1v) is 20.9. The number of para-hydroxylation sites is 2. The molecule has 3 N–H and O–H groups in total.